The van der Waals surface area contributed by atoms with Gasteiger partial charge < -0.3 is 14.3 Å². The molecule has 1 saturated heterocycles. The van der Waals surface area contributed by atoms with E-state index in [9.17, 15) is 9.90 Å². The van der Waals surface area contributed by atoms with Crippen LogP contribution in [0.15, 0.2) is 80.4 Å². The number of amides is 1. The monoisotopic (exact) mass is 447 g/mol. The quantitative estimate of drug-likeness (QED) is 0.333. The summed E-state index contributed by atoms with van der Waals surface area (Å²) in [6.07, 6.45) is 4.98. The summed E-state index contributed by atoms with van der Waals surface area (Å²) >= 11 is 1.26. The summed E-state index contributed by atoms with van der Waals surface area (Å²) in [7, 11) is 1.48. The summed E-state index contributed by atoms with van der Waals surface area (Å²) in [5.74, 6) is 0.879. The van der Waals surface area contributed by atoms with E-state index < -0.39 is 0 Å². The van der Waals surface area contributed by atoms with Gasteiger partial charge in [-0.1, -0.05) is 24.3 Å². The Labute approximate surface area is 189 Å². The van der Waals surface area contributed by atoms with Crippen molar-refractivity contribution in [1.82, 2.24) is 4.90 Å². The van der Waals surface area contributed by atoms with Crippen LogP contribution in [0.5, 0.6) is 11.5 Å². The maximum Gasteiger partial charge on any atom is 0.267 e. The highest BCUT2D eigenvalue weighted by Crippen LogP contribution is 2.34. The molecular weight excluding hydrogens is 426 g/mol. The van der Waals surface area contributed by atoms with Gasteiger partial charge in [-0.15, -0.1) is 5.10 Å². The van der Waals surface area contributed by atoms with E-state index in [1.165, 1.54) is 31.2 Å². The smallest absolute Gasteiger partial charge is 0.267 e. The van der Waals surface area contributed by atoms with Gasteiger partial charge in [-0.05, 0) is 71.8 Å². The van der Waals surface area contributed by atoms with E-state index in [-0.39, 0.29) is 18.2 Å². The molecule has 4 rings (SSSR count). The fourth-order valence-corrected chi connectivity index (χ4v) is 4.02. The van der Waals surface area contributed by atoms with Crippen molar-refractivity contribution in [3.05, 3.63) is 88.2 Å². The number of methoxy groups -OCH3 is 1. The summed E-state index contributed by atoms with van der Waals surface area (Å²) in [6, 6.07) is 16.3. The molecule has 0 saturated carbocycles. The number of furan rings is 1. The number of carbonyl (C=O) groups is 1. The number of aryl methyl sites for hydroxylation is 1. The number of ether oxygens (including phenoxy) is 1. The van der Waals surface area contributed by atoms with Crippen molar-refractivity contribution in [3.8, 4) is 11.5 Å². The van der Waals surface area contributed by atoms with E-state index >= 15 is 0 Å². The fraction of sp³-hybridized carbons (Fsp3) is 0.125. The molecule has 1 N–H and O–H groups in total. The normalized spacial score (nSPS) is 16.6. The van der Waals surface area contributed by atoms with Crippen molar-refractivity contribution >= 4 is 35.1 Å². The van der Waals surface area contributed by atoms with Crippen LogP contribution in [0.1, 0.15) is 22.5 Å². The predicted molar refractivity (Wildman–Crippen MR) is 126 cm³/mol. The third kappa shape index (κ3) is 4.76. The van der Waals surface area contributed by atoms with E-state index in [1.54, 1.807) is 29.4 Å². The van der Waals surface area contributed by atoms with Crippen molar-refractivity contribution in [3.63, 3.8) is 0 Å². The molecule has 1 aromatic heterocycles. The Kier molecular flexibility index (Phi) is 6.42. The summed E-state index contributed by atoms with van der Waals surface area (Å²) in [6.45, 7) is 2.26. The highest BCUT2D eigenvalue weighted by atomic mass is 32.2. The number of hydrogen-bond donors (Lipinski definition) is 1. The van der Waals surface area contributed by atoms with E-state index in [0.717, 1.165) is 11.1 Å². The number of benzene rings is 2. The second-order valence-electron chi connectivity index (χ2n) is 7.00. The Hall–Kier alpha value is -3.78. The summed E-state index contributed by atoms with van der Waals surface area (Å²) in [5.41, 5.74) is 2.75. The zero-order chi connectivity index (χ0) is 22.5. The van der Waals surface area contributed by atoms with E-state index in [4.69, 9.17) is 9.15 Å². The van der Waals surface area contributed by atoms with Gasteiger partial charge in [0.2, 0.25) is 0 Å². The first kappa shape index (κ1) is 21.5. The molecule has 0 spiro atoms. The number of thioether (sulfide) groups is 1. The topological polar surface area (TPSA) is 87.6 Å². The lowest BCUT2D eigenvalue weighted by molar-refractivity contribution is -0.122. The molecule has 1 fully saturated rings. The van der Waals surface area contributed by atoms with Crippen LogP contribution in [0, 0.1) is 6.92 Å². The van der Waals surface area contributed by atoms with Gasteiger partial charge in [-0.3, -0.25) is 9.69 Å². The molecule has 0 radical (unpaired) electrons. The van der Waals surface area contributed by atoms with Gasteiger partial charge in [0.05, 0.1) is 31.0 Å². The summed E-state index contributed by atoms with van der Waals surface area (Å²) in [5, 5.41) is 18.6. The summed E-state index contributed by atoms with van der Waals surface area (Å²) < 4.78 is 10.5. The van der Waals surface area contributed by atoms with Crippen LogP contribution >= 0.6 is 11.8 Å². The Balaban J connectivity index is 1.63. The van der Waals surface area contributed by atoms with Crippen molar-refractivity contribution in [2.75, 3.05) is 7.11 Å². The zero-order valence-corrected chi connectivity index (χ0v) is 18.4. The highest BCUT2D eigenvalue weighted by molar-refractivity contribution is 8.18. The lowest BCUT2D eigenvalue weighted by atomic mass is 10.1. The second-order valence-corrected chi connectivity index (χ2v) is 8.01. The van der Waals surface area contributed by atoms with Crippen molar-refractivity contribution < 1.29 is 19.1 Å². The number of aromatic hydroxyl groups is 1. The maximum atomic E-state index is 13.1. The van der Waals surface area contributed by atoms with Gasteiger partial charge >= 0.3 is 0 Å². The SMILES string of the molecule is COc1cc(/C=N/N=C2\S/C(=C\c3ccccc3C)C(=O)N2Cc2ccco2)ccc1O. The first-order chi connectivity index (χ1) is 15.5. The van der Waals surface area contributed by atoms with E-state index in [1.807, 2.05) is 43.3 Å². The second kappa shape index (κ2) is 9.57. The average Bonchev–Trinajstić information content (AvgIpc) is 3.41. The number of amidine groups is 1. The van der Waals surface area contributed by atoms with Crippen LogP contribution in [-0.2, 0) is 11.3 Å². The first-order valence-corrected chi connectivity index (χ1v) is 10.6. The molecule has 0 unspecified atom stereocenters. The molecule has 3 aromatic rings. The minimum atomic E-state index is -0.157. The van der Waals surface area contributed by atoms with Gasteiger partial charge in [-0.2, -0.15) is 5.10 Å². The molecule has 162 valence electrons. The maximum absolute atomic E-state index is 13.1. The number of hydrogen-bond acceptors (Lipinski definition) is 7. The molecule has 32 heavy (non-hydrogen) atoms. The molecule has 0 aliphatic carbocycles. The minimum absolute atomic E-state index is 0.0449. The molecule has 2 aromatic carbocycles. The Morgan fingerprint density at radius 2 is 2.03 bits per heavy atom. The van der Waals surface area contributed by atoms with E-state index in [2.05, 4.69) is 10.2 Å². The van der Waals surface area contributed by atoms with Crippen LogP contribution in [0.3, 0.4) is 0 Å². The van der Waals surface area contributed by atoms with Gasteiger partial charge in [0.1, 0.15) is 5.76 Å². The van der Waals surface area contributed by atoms with Gasteiger partial charge in [0, 0.05) is 0 Å². The number of nitrogens with zero attached hydrogens (tertiary/aromatic N) is 3. The van der Waals surface area contributed by atoms with Crippen LogP contribution < -0.4 is 4.74 Å². The lowest BCUT2D eigenvalue weighted by Crippen LogP contribution is -2.28. The Morgan fingerprint density at radius 1 is 1.19 bits per heavy atom. The van der Waals surface area contributed by atoms with Crippen LogP contribution in [-0.4, -0.2) is 34.4 Å². The third-order valence-electron chi connectivity index (χ3n) is 4.81. The standard InChI is InChI=1S/C24H21N3O4S/c1-16-6-3-4-7-18(16)13-22-23(29)27(15-19-8-5-11-31-19)24(32-22)26-25-14-17-9-10-20(28)21(12-17)30-2/h3-14,28H,15H2,1-2H3/b22-13-,25-14+,26-24-. The number of carbonyl (C=O) groups excluding carboxylic acids is 1. The molecule has 1 aliphatic heterocycles. The van der Waals surface area contributed by atoms with Gasteiger partial charge in [0.25, 0.3) is 5.91 Å². The molecule has 0 atom stereocenters. The van der Waals surface area contributed by atoms with Crippen molar-refractivity contribution in [2.24, 2.45) is 10.2 Å². The third-order valence-corrected chi connectivity index (χ3v) is 5.81. The molecular formula is C24H21N3O4S. The largest absolute Gasteiger partial charge is 0.504 e. The zero-order valence-electron chi connectivity index (χ0n) is 17.6. The molecule has 8 heteroatoms. The lowest BCUT2D eigenvalue weighted by Gasteiger charge is -2.12. The number of phenolic OH excluding ortho intramolecular Hbond substituents is 1. The predicted octanol–water partition coefficient (Wildman–Crippen LogP) is 4.81. The molecule has 1 aliphatic rings. The Morgan fingerprint density at radius 3 is 2.78 bits per heavy atom. The van der Waals surface area contributed by atoms with Crippen molar-refractivity contribution in [2.45, 2.75) is 13.5 Å². The van der Waals surface area contributed by atoms with Crippen LogP contribution in [0.2, 0.25) is 0 Å². The molecule has 0 bridgehead atoms. The van der Waals surface area contributed by atoms with Crippen molar-refractivity contribution in [1.29, 1.82) is 0 Å². The number of rotatable bonds is 6. The highest BCUT2D eigenvalue weighted by Gasteiger charge is 2.34. The van der Waals surface area contributed by atoms with Gasteiger partial charge in [-0.25, -0.2) is 0 Å². The number of phenols is 1. The van der Waals surface area contributed by atoms with Gasteiger partial charge in [0.15, 0.2) is 16.7 Å². The first-order valence-electron chi connectivity index (χ1n) is 9.82. The summed E-state index contributed by atoms with van der Waals surface area (Å²) in [4.78, 5) is 15.2. The minimum Gasteiger partial charge on any atom is -0.504 e. The van der Waals surface area contributed by atoms with Crippen LogP contribution in [0.4, 0.5) is 0 Å². The molecule has 2 heterocycles. The molecule has 1 amide bonds. The fourth-order valence-electron chi connectivity index (χ4n) is 3.09. The van der Waals surface area contributed by atoms with Crippen LogP contribution in [0.25, 0.3) is 6.08 Å². The van der Waals surface area contributed by atoms with E-state index in [0.29, 0.717) is 27.1 Å². The Bertz CT molecular complexity index is 1220. The average molecular weight is 448 g/mol. The molecule has 7 nitrogen and oxygen atoms in total.